The highest BCUT2D eigenvalue weighted by Crippen LogP contribution is 2.19. The standard InChI is InChI=1S/C13H14ClN3O2/c1-9-6-10(19-17-9)7-15-8-13(18)16-12-5-3-2-4-11(12)14/h2-6,15H,7-8H2,1H3,(H,16,18). The Kier molecular flexibility index (Phi) is 4.54. The van der Waals surface area contributed by atoms with E-state index in [0.717, 1.165) is 5.69 Å². The number of nitrogens with zero attached hydrogens (tertiary/aromatic N) is 1. The van der Waals surface area contributed by atoms with E-state index in [2.05, 4.69) is 15.8 Å². The van der Waals surface area contributed by atoms with Crippen LogP contribution in [0, 0.1) is 6.92 Å². The molecule has 100 valence electrons. The Balaban J connectivity index is 1.77. The van der Waals surface area contributed by atoms with Crippen molar-refractivity contribution in [2.45, 2.75) is 13.5 Å². The van der Waals surface area contributed by atoms with Crippen LogP contribution in [0.4, 0.5) is 5.69 Å². The van der Waals surface area contributed by atoms with E-state index >= 15 is 0 Å². The van der Waals surface area contributed by atoms with Crippen LogP contribution in [0.5, 0.6) is 0 Å². The number of rotatable bonds is 5. The first-order valence-corrected chi connectivity index (χ1v) is 6.20. The topological polar surface area (TPSA) is 67.2 Å². The lowest BCUT2D eigenvalue weighted by Gasteiger charge is -2.07. The molecule has 0 atom stereocenters. The van der Waals surface area contributed by atoms with Gasteiger partial charge < -0.3 is 15.2 Å². The van der Waals surface area contributed by atoms with Crippen LogP contribution in [0.25, 0.3) is 0 Å². The van der Waals surface area contributed by atoms with Gasteiger partial charge in [-0.25, -0.2) is 0 Å². The molecule has 0 bridgehead atoms. The van der Waals surface area contributed by atoms with Crippen molar-refractivity contribution in [3.63, 3.8) is 0 Å². The second-order valence-corrected chi connectivity index (χ2v) is 4.47. The lowest BCUT2D eigenvalue weighted by molar-refractivity contribution is -0.115. The van der Waals surface area contributed by atoms with Gasteiger partial charge in [-0.3, -0.25) is 4.79 Å². The van der Waals surface area contributed by atoms with Crippen LogP contribution in [0.15, 0.2) is 34.9 Å². The summed E-state index contributed by atoms with van der Waals surface area (Å²) in [6, 6.07) is 8.91. The van der Waals surface area contributed by atoms with Gasteiger partial charge in [-0.1, -0.05) is 28.9 Å². The third kappa shape index (κ3) is 4.08. The van der Waals surface area contributed by atoms with Crippen LogP contribution in [0.1, 0.15) is 11.5 Å². The molecule has 0 radical (unpaired) electrons. The van der Waals surface area contributed by atoms with Crippen LogP contribution in [0.2, 0.25) is 5.02 Å². The van der Waals surface area contributed by atoms with Gasteiger partial charge in [0.15, 0.2) is 5.76 Å². The maximum atomic E-state index is 11.7. The Labute approximate surface area is 115 Å². The van der Waals surface area contributed by atoms with Gasteiger partial charge in [-0.15, -0.1) is 0 Å². The number of hydrogen-bond acceptors (Lipinski definition) is 4. The molecule has 0 saturated heterocycles. The maximum Gasteiger partial charge on any atom is 0.238 e. The predicted molar refractivity (Wildman–Crippen MR) is 73.0 cm³/mol. The summed E-state index contributed by atoms with van der Waals surface area (Å²) in [4.78, 5) is 11.7. The molecule has 0 saturated carbocycles. The minimum Gasteiger partial charge on any atom is -0.360 e. The molecule has 19 heavy (non-hydrogen) atoms. The fraction of sp³-hybridized carbons (Fsp3) is 0.231. The number of benzene rings is 1. The molecule has 2 rings (SSSR count). The minimum atomic E-state index is -0.163. The summed E-state index contributed by atoms with van der Waals surface area (Å²) in [5.74, 6) is 0.535. The summed E-state index contributed by atoms with van der Waals surface area (Å²) in [5.41, 5.74) is 1.42. The van der Waals surface area contributed by atoms with E-state index in [1.165, 1.54) is 0 Å². The van der Waals surface area contributed by atoms with Crippen molar-refractivity contribution in [1.29, 1.82) is 0 Å². The fourth-order valence-electron chi connectivity index (χ4n) is 1.56. The van der Waals surface area contributed by atoms with E-state index < -0.39 is 0 Å². The molecule has 0 unspecified atom stereocenters. The Hall–Kier alpha value is -1.85. The van der Waals surface area contributed by atoms with Crippen molar-refractivity contribution in [1.82, 2.24) is 10.5 Å². The van der Waals surface area contributed by atoms with E-state index in [1.54, 1.807) is 12.1 Å². The highest BCUT2D eigenvalue weighted by molar-refractivity contribution is 6.33. The number of hydrogen-bond donors (Lipinski definition) is 2. The van der Waals surface area contributed by atoms with Crippen molar-refractivity contribution in [2.24, 2.45) is 0 Å². The van der Waals surface area contributed by atoms with E-state index in [9.17, 15) is 4.79 Å². The van der Waals surface area contributed by atoms with Crippen molar-refractivity contribution < 1.29 is 9.32 Å². The molecule has 0 fully saturated rings. The zero-order valence-electron chi connectivity index (χ0n) is 10.4. The third-order valence-corrected chi connectivity index (χ3v) is 2.74. The normalized spacial score (nSPS) is 10.4. The molecule has 2 N–H and O–H groups in total. The summed E-state index contributed by atoms with van der Waals surface area (Å²) >= 11 is 5.94. The molecule has 0 spiro atoms. The van der Waals surface area contributed by atoms with Gasteiger partial charge in [0.25, 0.3) is 0 Å². The van der Waals surface area contributed by atoms with Crippen molar-refractivity contribution in [3.05, 3.63) is 46.8 Å². The molecule has 5 nitrogen and oxygen atoms in total. The third-order valence-electron chi connectivity index (χ3n) is 2.41. The molecule has 0 aliphatic carbocycles. The number of aromatic nitrogens is 1. The fourth-order valence-corrected chi connectivity index (χ4v) is 1.74. The molecule has 6 heteroatoms. The number of carbonyl (C=O) groups is 1. The van der Waals surface area contributed by atoms with Crippen LogP contribution in [-0.2, 0) is 11.3 Å². The molecule has 1 amide bonds. The maximum absolute atomic E-state index is 11.7. The Morgan fingerprint density at radius 2 is 2.21 bits per heavy atom. The second kappa shape index (κ2) is 6.36. The van der Waals surface area contributed by atoms with Crippen molar-refractivity contribution in [2.75, 3.05) is 11.9 Å². The molecule has 0 aliphatic rings. The lowest BCUT2D eigenvalue weighted by Crippen LogP contribution is -2.27. The van der Waals surface area contributed by atoms with E-state index in [1.807, 2.05) is 25.1 Å². The molecule has 1 heterocycles. The minimum absolute atomic E-state index is 0.163. The van der Waals surface area contributed by atoms with Gasteiger partial charge in [-0.05, 0) is 19.1 Å². The largest absolute Gasteiger partial charge is 0.360 e. The predicted octanol–water partition coefficient (Wildman–Crippen LogP) is 2.36. The zero-order valence-corrected chi connectivity index (χ0v) is 11.2. The summed E-state index contributed by atoms with van der Waals surface area (Å²) < 4.78 is 5.02. The Bertz CT molecular complexity index is 569. The zero-order chi connectivity index (χ0) is 13.7. The van der Waals surface area contributed by atoms with E-state index in [-0.39, 0.29) is 12.5 Å². The summed E-state index contributed by atoms with van der Waals surface area (Å²) in [6.45, 7) is 2.47. The molecule has 0 aliphatic heterocycles. The first-order valence-electron chi connectivity index (χ1n) is 5.82. The SMILES string of the molecule is Cc1cc(CNCC(=O)Nc2ccccc2Cl)on1. The smallest absolute Gasteiger partial charge is 0.238 e. The quantitative estimate of drug-likeness (QED) is 0.882. The van der Waals surface area contributed by atoms with Gasteiger partial charge in [0, 0.05) is 6.07 Å². The van der Waals surface area contributed by atoms with Gasteiger partial charge in [0.2, 0.25) is 5.91 Å². The number of anilines is 1. The molecular formula is C13H14ClN3O2. The van der Waals surface area contributed by atoms with E-state index in [4.69, 9.17) is 16.1 Å². The summed E-state index contributed by atoms with van der Waals surface area (Å²) in [7, 11) is 0. The van der Waals surface area contributed by atoms with Crippen molar-refractivity contribution in [3.8, 4) is 0 Å². The first kappa shape index (κ1) is 13.6. The average Bonchev–Trinajstić information content (AvgIpc) is 2.78. The van der Waals surface area contributed by atoms with Gasteiger partial charge in [0.1, 0.15) is 0 Å². The second-order valence-electron chi connectivity index (χ2n) is 4.07. The van der Waals surface area contributed by atoms with Crippen molar-refractivity contribution >= 4 is 23.2 Å². The molecular weight excluding hydrogens is 266 g/mol. The highest BCUT2D eigenvalue weighted by atomic mass is 35.5. The number of para-hydroxylation sites is 1. The van der Waals surface area contributed by atoms with Crippen LogP contribution < -0.4 is 10.6 Å². The van der Waals surface area contributed by atoms with E-state index in [0.29, 0.717) is 23.0 Å². The number of aryl methyl sites for hydroxylation is 1. The monoisotopic (exact) mass is 279 g/mol. The number of amides is 1. The lowest BCUT2D eigenvalue weighted by atomic mass is 10.3. The number of carbonyl (C=O) groups excluding carboxylic acids is 1. The molecule has 1 aromatic heterocycles. The van der Waals surface area contributed by atoms with Gasteiger partial charge in [0.05, 0.1) is 29.5 Å². The summed E-state index contributed by atoms with van der Waals surface area (Å²) in [5, 5.41) is 9.96. The Morgan fingerprint density at radius 3 is 2.89 bits per heavy atom. The molecule has 1 aromatic carbocycles. The number of nitrogens with one attached hydrogen (secondary N) is 2. The van der Waals surface area contributed by atoms with Crippen LogP contribution >= 0.6 is 11.6 Å². The average molecular weight is 280 g/mol. The van der Waals surface area contributed by atoms with Gasteiger partial charge in [-0.2, -0.15) is 0 Å². The summed E-state index contributed by atoms with van der Waals surface area (Å²) in [6.07, 6.45) is 0. The highest BCUT2D eigenvalue weighted by Gasteiger charge is 2.06. The Morgan fingerprint density at radius 1 is 1.42 bits per heavy atom. The molecule has 2 aromatic rings. The first-order chi connectivity index (χ1) is 9.15. The van der Waals surface area contributed by atoms with Crippen LogP contribution in [-0.4, -0.2) is 17.6 Å². The number of halogens is 1. The van der Waals surface area contributed by atoms with Crippen LogP contribution in [0.3, 0.4) is 0 Å². The van der Waals surface area contributed by atoms with Gasteiger partial charge >= 0.3 is 0 Å².